The first-order valence-corrected chi connectivity index (χ1v) is 3.90. The summed E-state index contributed by atoms with van der Waals surface area (Å²) in [5.41, 5.74) is -4.14. The molecule has 0 amide bonds. The van der Waals surface area contributed by atoms with Crippen molar-refractivity contribution >= 4 is 0 Å². The van der Waals surface area contributed by atoms with E-state index in [1.54, 1.807) is 0 Å². The average molecular weight is 226 g/mol. The van der Waals surface area contributed by atoms with Gasteiger partial charge in [-0.25, -0.2) is 8.78 Å². The third kappa shape index (κ3) is 2.26. The van der Waals surface area contributed by atoms with Crippen LogP contribution in [0.3, 0.4) is 0 Å². The molecule has 0 radical (unpaired) electrons. The highest BCUT2D eigenvalue weighted by Gasteiger charge is 2.51. The van der Waals surface area contributed by atoms with E-state index in [0.717, 1.165) is 0 Å². The highest BCUT2D eigenvalue weighted by molar-refractivity contribution is 5.25. The molecule has 1 N–H and O–H groups in total. The van der Waals surface area contributed by atoms with Gasteiger partial charge in [0.1, 0.15) is 11.6 Å². The van der Waals surface area contributed by atoms with Crippen molar-refractivity contribution in [3.63, 3.8) is 0 Å². The van der Waals surface area contributed by atoms with Crippen molar-refractivity contribution in [2.75, 3.05) is 0 Å². The van der Waals surface area contributed by atoms with Gasteiger partial charge in [0.25, 0.3) is 0 Å². The van der Waals surface area contributed by atoms with Crippen molar-refractivity contribution < 1.29 is 27.1 Å². The molecule has 0 bridgehead atoms. The highest BCUT2D eigenvalue weighted by Crippen LogP contribution is 2.38. The van der Waals surface area contributed by atoms with Crippen LogP contribution in [0.5, 0.6) is 0 Å². The minimum atomic E-state index is -4.99. The molecular formula is C9H7F5O. The van der Waals surface area contributed by atoms with Crippen LogP contribution in [0.15, 0.2) is 18.2 Å². The minimum absolute atomic E-state index is 0.427. The van der Waals surface area contributed by atoms with E-state index in [2.05, 4.69) is 0 Å². The zero-order valence-corrected chi connectivity index (χ0v) is 7.57. The summed E-state index contributed by atoms with van der Waals surface area (Å²) in [7, 11) is 0. The molecule has 0 aromatic heterocycles. The Bertz CT molecular complexity index is 349. The van der Waals surface area contributed by atoms with Gasteiger partial charge in [0.2, 0.25) is 0 Å². The molecule has 15 heavy (non-hydrogen) atoms. The molecule has 1 atom stereocenters. The molecule has 0 aliphatic carbocycles. The third-order valence-corrected chi connectivity index (χ3v) is 1.98. The molecule has 84 valence electrons. The maximum Gasteiger partial charge on any atom is 0.421 e. The first-order valence-electron chi connectivity index (χ1n) is 3.90. The van der Waals surface area contributed by atoms with E-state index in [0.29, 0.717) is 25.1 Å². The Morgan fingerprint density at radius 3 is 1.73 bits per heavy atom. The predicted molar refractivity (Wildman–Crippen MR) is 42.0 cm³/mol. The van der Waals surface area contributed by atoms with Gasteiger partial charge < -0.3 is 5.11 Å². The smallest absolute Gasteiger partial charge is 0.376 e. The van der Waals surface area contributed by atoms with Crippen LogP contribution in [-0.4, -0.2) is 11.3 Å². The molecule has 0 saturated carbocycles. The normalized spacial score (nSPS) is 16.2. The Balaban J connectivity index is 3.27. The van der Waals surface area contributed by atoms with Gasteiger partial charge in [0.05, 0.1) is 0 Å². The van der Waals surface area contributed by atoms with Gasteiger partial charge in [-0.1, -0.05) is 0 Å². The lowest BCUT2D eigenvalue weighted by molar-refractivity contribution is -0.259. The summed E-state index contributed by atoms with van der Waals surface area (Å²) in [6.07, 6.45) is -4.99. The van der Waals surface area contributed by atoms with Crippen LogP contribution in [-0.2, 0) is 5.60 Å². The van der Waals surface area contributed by atoms with Gasteiger partial charge in [0, 0.05) is 6.07 Å². The zero-order valence-electron chi connectivity index (χ0n) is 7.57. The Labute approximate surface area is 82.1 Å². The van der Waals surface area contributed by atoms with Crippen LogP contribution in [0.25, 0.3) is 0 Å². The fourth-order valence-corrected chi connectivity index (χ4v) is 0.999. The van der Waals surface area contributed by atoms with Crippen LogP contribution < -0.4 is 0 Å². The summed E-state index contributed by atoms with van der Waals surface area (Å²) >= 11 is 0. The summed E-state index contributed by atoms with van der Waals surface area (Å²) in [5, 5.41) is 9.11. The van der Waals surface area contributed by atoms with E-state index in [9.17, 15) is 22.0 Å². The number of alkyl halides is 3. The predicted octanol–water partition coefficient (Wildman–Crippen LogP) is 2.73. The Morgan fingerprint density at radius 1 is 1.00 bits per heavy atom. The number of rotatable bonds is 1. The Morgan fingerprint density at radius 2 is 1.40 bits per heavy atom. The standard InChI is InChI=1S/C9H7F5O/c1-8(15,9(12,13)14)5-2-6(10)4-7(11)3-5/h2-4,15H,1H3. The largest absolute Gasteiger partial charge is 0.421 e. The Hall–Kier alpha value is -1.17. The summed E-state index contributed by atoms with van der Waals surface area (Å²) < 4.78 is 62.1. The van der Waals surface area contributed by atoms with Gasteiger partial charge in [0.15, 0.2) is 5.60 Å². The van der Waals surface area contributed by atoms with Crippen molar-refractivity contribution in [2.45, 2.75) is 18.7 Å². The maximum atomic E-state index is 12.6. The van der Waals surface area contributed by atoms with E-state index in [4.69, 9.17) is 5.11 Å². The molecule has 1 aromatic rings. The van der Waals surface area contributed by atoms with Gasteiger partial charge in [-0.15, -0.1) is 0 Å². The van der Waals surface area contributed by atoms with Crippen molar-refractivity contribution in [2.24, 2.45) is 0 Å². The van der Waals surface area contributed by atoms with Crippen LogP contribution in [0.2, 0.25) is 0 Å². The topological polar surface area (TPSA) is 20.2 Å². The van der Waals surface area contributed by atoms with Crippen molar-refractivity contribution in [3.05, 3.63) is 35.4 Å². The number of halogens is 5. The summed E-state index contributed by atoms with van der Waals surface area (Å²) in [4.78, 5) is 0. The Kier molecular flexibility index (Phi) is 2.73. The monoisotopic (exact) mass is 226 g/mol. The van der Waals surface area contributed by atoms with Gasteiger partial charge in [-0.05, 0) is 24.6 Å². The molecule has 0 aliphatic rings. The van der Waals surface area contributed by atoms with Crippen LogP contribution in [0.1, 0.15) is 12.5 Å². The van der Waals surface area contributed by atoms with Crippen LogP contribution in [0.4, 0.5) is 22.0 Å². The van der Waals surface area contributed by atoms with Gasteiger partial charge in [-0.2, -0.15) is 13.2 Å². The van der Waals surface area contributed by atoms with E-state index >= 15 is 0 Å². The molecule has 1 unspecified atom stereocenters. The lowest BCUT2D eigenvalue weighted by atomic mass is 9.95. The molecule has 0 spiro atoms. The minimum Gasteiger partial charge on any atom is -0.376 e. The second kappa shape index (κ2) is 3.44. The zero-order chi connectivity index (χ0) is 11.9. The van der Waals surface area contributed by atoms with Crippen LogP contribution >= 0.6 is 0 Å². The van der Waals surface area contributed by atoms with Crippen molar-refractivity contribution in [1.29, 1.82) is 0 Å². The third-order valence-electron chi connectivity index (χ3n) is 1.98. The SMILES string of the molecule is CC(O)(c1cc(F)cc(F)c1)C(F)(F)F. The number of hydrogen-bond donors (Lipinski definition) is 1. The van der Waals surface area contributed by atoms with E-state index in [1.165, 1.54) is 0 Å². The average Bonchev–Trinajstić information content (AvgIpc) is 1.99. The fourth-order valence-electron chi connectivity index (χ4n) is 0.999. The molecule has 1 nitrogen and oxygen atoms in total. The first-order chi connectivity index (χ1) is 6.64. The summed E-state index contributed by atoms with van der Waals surface area (Å²) in [6, 6.07) is 1.31. The number of benzene rings is 1. The molecule has 0 aliphatic heterocycles. The molecule has 0 fully saturated rings. The van der Waals surface area contributed by atoms with Crippen molar-refractivity contribution in [1.82, 2.24) is 0 Å². The van der Waals surface area contributed by atoms with E-state index in [-0.39, 0.29) is 0 Å². The molecule has 0 heterocycles. The second-order valence-corrected chi connectivity index (χ2v) is 3.23. The number of hydrogen-bond acceptors (Lipinski definition) is 1. The first kappa shape index (κ1) is 11.9. The van der Waals surface area contributed by atoms with E-state index < -0.39 is 29.0 Å². The van der Waals surface area contributed by atoms with E-state index in [1.807, 2.05) is 0 Å². The molecule has 1 rings (SSSR count). The molecular weight excluding hydrogens is 219 g/mol. The molecule has 0 saturated heterocycles. The molecule has 6 heteroatoms. The summed E-state index contributed by atoms with van der Waals surface area (Å²) in [6.45, 7) is 0.432. The number of aliphatic hydroxyl groups is 1. The van der Waals surface area contributed by atoms with Gasteiger partial charge in [-0.3, -0.25) is 0 Å². The lowest BCUT2D eigenvalue weighted by Gasteiger charge is -2.26. The van der Waals surface area contributed by atoms with Crippen LogP contribution in [0, 0.1) is 11.6 Å². The molecule has 1 aromatic carbocycles. The van der Waals surface area contributed by atoms with Gasteiger partial charge >= 0.3 is 6.18 Å². The maximum absolute atomic E-state index is 12.6. The highest BCUT2D eigenvalue weighted by atomic mass is 19.4. The second-order valence-electron chi connectivity index (χ2n) is 3.23. The lowest BCUT2D eigenvalue weighted by Crippen LogP contribution is -2.39. The van der Waals surface area contributed by atoms with Crippen molar-refractivity contribution in [3.8, 4) is 0 Å². The summed E-state index contributed by atoms with van der Waals surface area (Å²) in [5.74, 6) is -2.34. The fraction of sp³-hybridized carbons (Fsp3) is 0.333. The quantitative estimate of drug-likeness (QED) is 0.730.